The molecule has 1 aromatic rings. The first-order valence-electron chi connectivity index (χ1n) is 5.17. The molecule has 0 bridgehead atoms. The van der Waals surface area contributed by atoms with Crippen molar-refractivity contribution in [2.24, 2.45) is 0 Å². The maximum absolute atomic E-state index is 11.2. The molecule has 0 saturated carbocycles. The topological polar surface area (TPSA) is 46.5 Å². The van der Waals surface area contributed by atoms with Gasteiger partial charge in [-0.05, 0) is 18.9 Å². The second kappa shape index (κ2) is 6.51. The first-order valence-corrected chi connectivity index (χ1v) is 5.61. The highest BCUT2D eigenvalue weighted by atomic mass is 35.5. The summed E-state index contributed by atoms with van der Waals surface area (Å²) in [5.41, 5.74) is 0.978. The zero-order valence-electron chi connectivity index (χ0n) is 9.10. The van der Waals surface area contributed by atoms with E-state index in [9.17, 15) is 9.90 Å². The molecule has 0 aromatic heterocycles. The molecule has 0 aliphatic heterocycles. The van der Waals surface area contributed by atoms with Crippen LogP contribution in [0.25, 0.3) is 0 Å². The average Bonchev–Trinajstić information content (AvgIpc) is 2.29. The normalized spacial score (nSPS) is 14.2. The molecule has 0 saturated heterocycles. The van der Waals surface area contributed by atoms with Gasteiger partial charge in [-0.2, -0.15) is 0 Å². The lowest BCUT2D eigenvalue weighted by molar-refractivity contribution is -0.153. The van der Waals surface area contributed by atoms with E-state index in [0.717, 1.165) is 5.56 Å². The number of hydrogen-bond acceptors (Lipinski definition) is 3. The molecular formula is C12H15ClO3. The minimum absolute atomic E-state index is 0.241. The van der Waals surface area contributed by atoms with Crippen molar-refractivity contribution in [2.75, 3.05) is 6.61 Å². The maximum atomic E-state index is 11.2. The molecule has 0 heterocycles. The van der Waals surface area contributed by atoms with Gasteiger partial charge in [-0.15, -0.1) is 11.6 Å². The van der Waals surface area contributed by atoms with Crippen LogP contribution in [0.1, 0.15) is 12.5 Å². The predicted octanol–water partition coefficient (Wildman–Crippen LogP) is 1.76. The molecule has 0 radical (unpaired) electrons. The molecule has 1 rings (SSSR count). The Morgan fingerprint density at radius 2 is 2.06 bits per heavy atom. The first-order chi connectivity index (χ1) is 7.65. The van der Waals surface area contributed by atoms with E-state index in [4.69, 9.17) is 11.6 Å². The Kier molecular flexibility index (Phi) is 5.29. The van der Waals surface area contributed by atoms with Crippen molar-refractivity contribution in [1.82, 2.24) is 0 Å². The molecule has 0 amide bonds. The van der Waals surface area contributed by atoms with Crippen molar-refractivity contribution < 1.29 is 14.6 Å². The lowest BCUT2D eigenvalue weighted by atomic mass is 10.1. The molecule has 1 N–H and O–H groups in total. The van der Waals surface area contributed by atoms with Gasteiger partial charge in [0, 0.05) is 0 Å². The van der Waals surface area contributed by atoms with E-state index in [2.05, 4.69) is 4.74 Å². The van der Waals surface area contributed by atoms with Crippen LogP contribution in [-0.2, 0) is 16.0 Å². The van der Waals surface area contributed by atoms with Crippen molar-refractivity contribution in [3.05, 3.63) is 35.9 Å². The van der Waals surface area contributed by atoms with Gasteiger partial charge < -0.3 is 9.84 Å². The molecule has 88 valence electrons. The third-order valence-corrected chi connectivity index (χ3v) is 2.54. The number of ether oxygens (including phenoxy) is 1. The Labute approximate surface area is 100.0 Å². The molecule has 0 spiro atoms. The van der Waals surface area contributed by atoms with E-state index in [1.165, 1.54) is 0 Å². The highest BCUT2D eigenvalue weighted by molar-refractivity contribution is 6.22. The van der Waals surface area contributed by atoms with E-state index < -0.39 is 17.5 Å². The van der Waals surface area contributed by atoms with E-state index in [-0.39, 0.29) is 6.61 Å². The third kappa shape index (κ3) is 3.83. The Balaban J connectivity index is 2.52. The van der Waals surface area contributed by atoms with Crippen molar-refractivity contribution in [1.29, 1.82) is 0 Å². The Bertz CT molecular complexity index is 326. The maximum Gasteiger partial charge on any atom is 0.336 e. The van der Waals surface area contributed by atoms with Crippen LogP contribution in [0.2, 0.25) is 0 Å². The number of esters is 1. The van der Waals surface area contributed by atoms with Crippen LogP contribution in [-0.4, -0.2) is 29.2 Å². The average molecular weight is 243 g/mol. The standard InChI is InChI=1S/C12H15ClO3/c1-2-16-12(15)11(14)10(13)8-9-6-4-3-5-7-9/h3-7,10-11,14H,2,8H2,1H3/t10-,11-/m1/s1. The summed E-state index contributed by atoms with van der Waals surface area (Å²) in [5, 5.41) is 8.91. The molecule has 1 aromatic carbocycles. The van der Waals surface area contributed by atoms with Crippen molar-refractivity contribution in [3.63, 3.8) is 0 Å². The number of halogens is 1. The molecule has 2 atom stereocenters. The zero-order valence-corrected chi connectivity index (χ0v) is 9.85. The Hall–Kier alpha value is -1.06. The van der Waals surface area contributed by atoms with Gasteiger partial charge in [0.2, 0.25) is 0 Å². The minimum Gasteiger partial charge on any atom is -0.464 e. The number of benzene rings is 1. The molecule has 4 heteroatoms. The molecule has 16 heavy (non-hydrogen) atoms. The van der Waals surface area contributed by atoms with Gasteiger partial charge in [-0.3, -0.25) is 0 Å². The first kappa shape index (κ1) is 13.0. The zero-order chi connectivity index (χ0) is 12.0. The lowest BCUT2D eigenvalue weighted by Gasteiger charge is -2.15. The number of aliphatic hydroxyl groups excluding tert-OH is 1. The van der Waals surface area contributed by atoms with Crippen LogP contribution in [0.4, 0.5) is 0 Å². The molecule has 0 fully saturated rings. The fourth-order valence-corrected chi connectivity index (χ4v) is 1.61. The van der Waals surface area contributed by atoms with Gasteiger partial charge in [0.25, 0.3) is 0 Å². The summed E-state index contributed by atoms with van der Waals surface area (Å²) in [5.74, 6) is -0.668. The van der Waals surface area contributed by atoms with E-state index in [0.29, 0.717) is 6.42 Å². The van der Waals surface area contributed by atoms with E-state index >= 15 is 0 Å². The summed E-state index contributed by atoms with van der Waals surface area (Å²) < 4.78 is 4.69. The van der Waals surface area contributed by atoms with Gasteiger partial charge in [-0.1, -0.05) is 30.3 Å². The van der Waals surface area contributed by atoms with Crippen LogP contribution < -0.4 is 0 Å². The van der Waals surface area contributed by atoms with Crippen LogP contribution in [0.5, 0.6) is 0 Å². The minimum atomic E-state index is -1.28. The SMILES string of the molecule is CCOC(=O)[C@H](O)[C@H](Cl)Cc1ccccc1. The van der Waals surface area contributed by atoms with Crippen molar-refractivity contribution in [3.8, 4) is 0 Å². The number of hydrogen-bond donors (Lipinski definition) is 1. The Morgan fingerprint density at radius 1 is 1.44 bits per heavy atom. The monoisotopic (exact) mass is 242 g/mol. The van der Waals surface area contributed by atoms with Crippen LogP contribution in [0.3, 0.4) is 0 Å². The summed E-state index contributed by atoms with van der Waals surface area (Å²) in [6, 6.07) is 9.46. The second-order valence-corrected chi connectivity index (χ2v) is 3.96. The van der Waals surface area contributed by atoms with Crippen LogP contribution in [0.15, 0.2) is 30.3 Å². The van der Waals surface area contributed by atoms with Gasteiger partial charge >= 0.3 is 5.97 Å². The Morgan fingerprint density at radius 3 is 2.62 bits per heavy atom. The van der Waals surface area contributed by atoms with Crippen molar-refractivity contribution in [2.45, 2.75) is 24.8 Å². The van der Waals surface area contributed by atoms with Crippen LogP contribution >= 0.6 is 11.6 Å². The number of aliphatic hydroxyl groups is 1. The molecule has 0 aliphatic carbocycles. The summed E-state index contributed by atoms with van der Waals surface area (Å²) in [6.45, 7) is 1.93. The summed E-state index contributed by atoms with van der Waals surface area (Å²) in [6.07, 6.45) is -0.843. The highest BCUT2D eigenvalue weighted by Crippen LogP contribution is 2.12. The largest absolute Gasteiger partial charge is 0.464 e. The van der Waals surface area contributed by atoms with Gasteiger partial charge in [0.05, 0.1) is 12.0 Å². The van der Waals surface area contributed by atoms with Crippen molar-refractivity contribution >= 4 is 17.6 Å². The lowest BCUT2D eigenvalue weighted by Crippen LogP contribution is -2.33. The van der Waals surface area contributed by atoms with Gasteiger partial charge in [-0.25, -0.2) is 4.79 Å². The fourth-order valence-electron chi connectivity index (χ4n) is 1.33. The smallest absolute Gasteiger partial charge is 0.336 e. The quantitative estimate of drug-likeness (QED) is 0.632. The fraction of sp³-hybridized carbons (Fsp3) is 0.417. The molecule has 0 aliphatic rings. The third-order valence-electron chi connectivity index (χ3n) is 2.14. The van der Waals surface area contributed by atoms with Gasteiger partial charge in [0.15, 0.2) is 6.10 Å². The second-order valence-electron chi connectivity index (χ2n) is 3.40. The summed E-state index contributed by atoms with van der Waals surface area (Å²) >= 11 is 5.95. The van der Waals surface area contributed by atoms with E-state index in [1.54, 1.807) is 6.92 Å². The number of rotatable bonds is 5. The molecule has 3 nitrogen and oxygen atoms in total. The predicted molar refractivity (Wildman–Crippen MR) is 62.4 cm³/mol. The van der Waals surface area contributed by atoms with Gasteiger partial charge in [0.1, 0.15) is 0 Å². The number of carbonyl (C=O) groups is 1. The summed E-state index contributed by atoms with van der Waals surface area (Å²) in [7, 11) is 0. The molecule has 0 unspecified atom stereocenters. The highest BCUT2D eigenvalue weighted by Gasteiger charge is 2.25. The number of alkyl halides is 1. The van der Waals surface area contributed by atoms with Crippen LogP contribution in [0, 0.1) is 0 Å². The molecular weight excluding hydrogens is 228 g/mol. The summed E-state index contributed by atoms with van der Waals surface area (Å²) in [4.78, 5) is 11.2. The van der Waals surface area contributed by atoms with E-state index in [1.807, 2.05) is 30.3 Å². The number of carbonyl (C=O) groups excluding carboxylic acids is 1.